The Morgan fingerprint density at radius 2 is 1.83 bits per heavy atom. The first-order valence-corrected chi connectivity index (χ1v) is 6.72. The zero-order valence-electron chi connectivity index (χ0n) is 12.4. The summed E-state index contributed by atoms with van der Waals surface area (Å²) >= 11 is 0. The molecule has 0 atom stereocenters. The van der Waals surface area contributed by atoms with E-state index in [1.165, 1.54) is 19.5 Å². The molecule has 1 aromatic heterocycles. The summed E-state index contributed by atoms with van der Waals surface area (Å²) in [5, 5.41) is 3.52. The minimum Gasteiger partial charge on any atom is -0.497 e. The second-order valence-corrected chi connectivity index (χ2v) is 4.67. The zero-order valence-corrected chi connectivity index (χ0v) is 12.4. The van der Waals surface area contributed by atoms with Crippen molar-refractivity contribution in [1.82, 2.24) is 9.97 Å². The van der Waals surface area contributed by atoms with Gasteiger partial charge in [-0.05, 0) is 24.3 Å². The number of aromatic nitrogens is 2. The summed E-state index contributed by atoms with van der Waals surface area (Å²) < 4.78 is 37.6. The highest BCUT2D eigenvalue weighted by atomic mass is 19.1. The van der Waals surface area contributed by atoms with Gasteiger partial charge in [-0.1, -0.05) is 0 Å². The lowest BCUT2D eigenvalue weighted by molar-refractivity contribution is 0.361. The van der Waals surface area contributed by atoms with Gasteiger partial charge in [0, 0.05) is 11.5 Å². The number of benzene rings is 2. The highest BCUT2D eigenvalue weighted by Crippen LogP contribution is 2.31. The van der Waals surface area contributed by atoms with Crippen molar-refractivity contribution in [1.29, 1.82) is 0 Å². The van der Waals surface area contributed by atoms with Crippen LogP contribution in [0.2, 0.25) is 0 Å². The van der Waals surface area contributed by atoms with E-state index < -0.39 is 17.4 Å². The molecule has 7 heteroatoms. The molecule has 1 N–H and O–H groups in total. The van der Waals surface area contributed by atoms with Gasteiger partial charge in [0.15, 0.2) is 17.4 Å². The van der Waals surface area contributed by atoms with Gasteiger partial charge in [-0.3, -0.25) is 0 Å². The summed E-state index contributed by atoms with van der Waals surface area (Å²) in [6.45, 7) is 0. The van der Waals surface area contributed by atoms with Crippen LogP contribution in [0.4, 0.5) is 20.3 Å². The largest absolute Gasteiger partial charge is 0.497 e. The van der Waals surface area contributed by atoms with E-state index in [-0.39, 0.29) is 5.69 Å². The second kappa shape index (κ2) is 6.04. The Morgan fingerprint density at radius 1 is 1.00 bits per heavy atom. The van der Waals surface area contributed by atoms with Crippen LogP contribution in [-0.4, -0.2) is 24.2 Å². The zero-order chi connectivity index (χ0) is 16.4. The van der Waals surface area contributed by atoms with E-state index in [2.05, 4.69) is 15.3 Å². The fourth-order valence-electron chi connectivity index (χ4n) is 2.21. The average Bonchev–Trinajstić information content (AvgIpc) is 2.57. The maximum absolute atomic E-state index is 14.2. The predicted octanol–water partition coefficient (Wildman–Crippen LogP) is 3.67. The van der Waals surface area contributed by atoms with E-state index in [0.717, 1.165) is 6.07 Å². The Kier molecular flexibility index (Phi) is 3.92. The molecule has 23 heavy (non-hydrogen) atoms. The topological polar surface area (TPSA) is 56.3 Å². The third-order valence-corrected chi connectivity index (χ3v) is 3.35. The molecule has 0 amide bonds. The van der Waals surface area contributed by atoms with Crippen LogP contribution < -0.4 is 14.8 Å². The fraction of sp³-hybridized carbons (Fsp3) is 0.125. The molecule has 3 rings (SSSR count). The number of halogens is 2. The monoisotopic (exact) mass is 317 g/mol. The van der Waals surface area contributed by atoms with E-state index in [1.807, 2.05) is 0 Å². The van der Waals surface area contributed by atoms with Gasteiger partial charge >= 0.3 is 0 Å². The van der Waals surface area contributed by atoms with Gasteiger partial charge in [-0.25, -0.2) is 18.7 Å². The molecule has 0 aliphatic rings. The van der Waals surface area contributed by atoms with Crippen molar-refractivity contribution in [3.05, 3.63) is 48.3 Å². The molecule has 0 aliphatic heterocycles. The Labute approximate surface area is 130 Å². The number of hydrogen-bond acceptors (Lipinski definition) is 5. The highest BCUT2D eigenvalue weighted by molar-refractivity contribution is 5.91. The average molecular weight is 317 g/mol. The summed E-state index contributed by atoms with van der Waals surface area (Å²) in [6, 6.07) is 7.65. The predicted molar refractivity (Wildman–Crippen MR) is 82.3 cm³/mol. The molecule has 118 valence electrons. The summed E-state index contributed by atoms with van der Waals surface area (Å²) in [6.07, 6.45) is 1.35. The molecule has 5 nitrogen and oxygen atoms in total. The van der Waals surface area contributed by atoms with Crippen LogP contribution in [0.25, 0.3) is 10.9 Å². The molecular weight excluding hydrogens is 304 g/mol. The molecule has 0 fully saturated rings. The van der Waals surface area contributed by atoms with E-state index in [4.69, 9.17) is 9.47 Å². The van der Waals surface area contributed by atoms with Gasteiger partial charge in [-0.15, -0.1) is 0 Å². The van der Waals surface area contributed by atoms with Gasteiger partial charge in [0.05, 0.1) is 25.4 Å². The Bertz CT molecular complexity index is 871. The van der Waals surface area contributed by atoms with Gasteiger partial charge in [0.25, 0.3) is 0 Å². The number of ether oxygens (including phenoxy) is 2. The van der Waals surface area contributed by atoms with Crippen LogP contribution in [0, 0.1) is 11.6 Å². The summed E-state index contributed by atoms with van der Waals surface area (Å²) in [4.78, 5) is 8.27. The number of fused-ring (bicyclic) bond motifs is 1. The molecule has 0 saturated carbocycles. The van der Waals surface area contributed by atoms with Crippen LogP contribution in [0.5, 0.6) is 11.5 Å². The third kappa shape index (κ3) is 2.73. The molecule has 1 heterocycles. The molecule has 0 spiro atoms. The van der Waals surface area contributed by atoms with Crippen molar-refractivity contribution in [3.8, 4) is 11.5 Å². The quantitative estimate of drug-likeness (QED) is 0.795. The van der Waals surface area contributed by atoms with E-state index in [9.17, 15) is 8.78 Å². The van der Waals surface area contributed by atoms with Crippen LogP contribution in [0.3, 0.4) is 0 Å². The highest BCUT2D eigenvalue weighted by Gasteiger charge is 2.15. The number of nitrogens with zero attached hydrogens (tertiary/aromatic N) is 2. The molecule has 0 bridgehead atoms. The number of methoxy groups -OCH3 is 2. The Hall–Kier alpha value is -2.96. The van der Waals surface area contributed by atoms with Gasteiger partial charge < -0.3 is 14.8 Å². The number of hydrogen-bond donors (Lipinski definition) is 1. The van der Waals surface area contributed by atoms with Crippen molar-refractivity contribution in [2.75, 3.05) is 19.5 Å². The SMILES string of the molecule is COc1ccc2c(Nc3ccc(F)c(OC)c3F)ncnc2c1. The molecule has 0 saturated heterocycles. The Balaban J connectivity index is 2.05. The van der Waals surface area contributed by atoms with Crippen LogP contribution >= 0.6 is 0 Å². The third-order valence-electron chi connectivity index (χ3n) is 3.35. The summed E-state index contributed by atoms with van der Waals surface area (Å²) in [5.74, 6) is -1.00. The molecule has 0 unspecified atom stereocenters. The normalized spacial score (nSPS) is 10.6. The molecule has 0 aliphatic carbocycles. The van der Waals surface area contributed by atoms with Gasteiger partial charge in [0.1, 0.15) is 17.9 Å². The maximum Gasteiger partial charge on any atom is 0.192 e. The number of anilines is 2. The molecular formula is C16H13F2N3O2. The second-order valence-electron chi connectivity index (χ2n) is 4.67. The fourth-order valence-corrected chi connectivity index (χ4v) is 2.21. The van der Waals surface area contributed by atoms with E-state index >= 15 is 0 Å². The molecule has 0 radical (unpaired) electrons. The van der Waals surface area contributed by atoms with Crippen LogP contribution in [-0.2, 0) is 0 Å². The lowest BCUT2D eigenvalue weighted by atomic mass is 10.2. The molecule has 3 aromatic rings. The van der Waals surface area contributed by atoms with Gasteiger partial charge in [-0.2, -0.15) is 0 Å². The minimum atomic E-state index is -0.826. The van der Waals surface area contributed by atoms with Crippen molar-refractivity contribution in [2.24, 2.45) is 0 Å². The van der Waals surface area contributed by atoms with E-state index in [0.29, 0.717) is 22.5 Å². The summed E-state index contributed by atoms with van der Waals surface area (Å²) in [7, 11) is 2.76. The summed E-state index contributed by atoms with van der Waals surface area (Å²) in [5.41, 5.74) is 0.690. The van der Waals surface area contributed by atoms with Gasteiger partial charge in [0.2, 0.25) is 0 Å². The Morgan fingerprint density at radius 3 is 2.57 bits per heavy atom. The minimum absolute atomic E-state index is 0.0547. The van der Waals surface area contributed by atoms with Crippen LogP contribution in [0.15, 0.2) is 36.7 Å². The van der Waals surface area contributed by atoms with E-state index in [1.54, 1.807) is 25.3 Å². The molecule has 2 aromatic carbocycles. The van der Waals surface area contributed by atoms with Crippen molar-refractivity contribution in [3.63, 3.8) is 0 Å². The number of nitrogens with one attached hydrogen (secondary N) is 1. The lowest BCUT2D eigenvalue weighted by Gasteiger charge is -2.12. The maximum atomic E-state index is 14.2. The first-order chi connectivity index (χ1) is 11.1. The smallest absolute Gasteiger partial charge is 0.192 e. The number of rotatable bonds is 4. The van der Waals surface area contributed by atoms with Crippen molar-refractivity contribution < 1.29 is 18.3 Å². The standard InChI is InChI=1S/C16H13F2N3O2/c1-22-9-3-4-10-13(7-9)19-8-20-16(10)21-12-6-5-11(17)15(23-2)14(12)18/h3-8H,1-2H3,(H,19,20,21). The van der Waals surface area contributed by atoms with Crippen LogP contribution in [0.1, 0.15) is 0 Å². The lowest BCUT2D eigenvalue weighted by Crippen LogP contribution is -2.01. The van der Waals surface area contributed by atoms with Crippen molar-refractivity contribution in [2.45, 2.75) is 0 Å². The first-order valence-electron chi connectivity index (χ1n) is 6.72. The first kappa shape index (κ1) is 15.0. The van der Waals surface area contributed by atoms with Crippen molar-refractivity contribution >= 4 is 22.4 Å².